The predicted octanol–water partition coefficient (Wildman–Crippen LogP) is 1.47. The van der Waals surface area contributed by atoms with E-state index < -0.39 is 10.0 Å². The zero-order valence-corrected chi connectivity index (χ0v) is 11.4. The number of piperidine rings is 1. The Bertz CT molecular complexity index is 508. The lowest BCUT2D eigenvalue weighted by Gasteiger charge is -2.30. The summed E-state index contributed by atoms with van der Waals surface area (Å²) >= 11 is 0. The first-order valence-electron chi connectivity index (χ1n) is 6.26. The zero-order valence-electron chi connectivity index (χ0n) is 10.5. The summed E-state index contributed by atoms with van der Waals surface area (Å²) in [4.78, 5) is 3.97. The first-order chi connectivity index (χ1) is 8.55. The molecule has 1 fully saturated rings. The van der Waals surface area contributed by atoms with Crippen LogP contribution in [0.5, 0.6) is 0 Å². The van der Waals surface area contributed by atoms with E-state index in [4.69, 9.17) is 5.73 Å². The number of anilines is 1. The molecule has 2 heterocycles. The first-order valence-corrected chi connectivity index (χ1v) is 7.70. The van der Waals surface area contributed by atoms with Crippen LogP contribution >= 0.6 is 0 Å². The predicted molar refractivity (Wildman–Crippen MR) is 70.4 cm³/mol. The molecule has 1 aromatic rings. The summed E-state index contributed by atoms with van der Waals surface area (Å²) in [7, 11) is -3.48. The Balaban J connectivity index is 2.20. The number of nitrogen functional groups attached to an aromatic ring is 1. The van der Waals surface area contributed by atoms with Crippen molar-refractivity contribution in [3.8, 4) is 0 Å². The molecule has 18 heavy (non-hydrogen) atoms. The van der Waals surface area contributed by atoms with Crippen molar-refractivity contribution in [1.29, 1.82) is 0 Å². The third-order valence-electron chi connectivity index (χ3n) is 3.57. The van der Waals surface area contributed by atoms with Crippen LogP contribution in [0.1, 0.15) is 26.2 Å². The lowest BCUT2D eigenvalue weighted by atomic mass is 9.96. The molecule has 2 N–H and O–H groups in total. The number of nitrogens with two attached hydrogens (primary N) is 1. The zero-order chi connectivity index (χ0) is 13.2. The molecule has 0 saturated carbocycles. The number of pyridine rings is 1. The Hall–Kier alpha value is -1.14. The van der Waals surface area contributed by atoms with E-state index in [-0.39, 0.29) is 10.7 Å². The van der Waals surface area contributed by atoms with Crippen LogP contribution in [0.25, 0.3) is 0 Å². The van der Waals surface area contributed by atoms with E-state index >= 15 is 0 Å². The van der Waals surface area contributed by atoms with Gasteiger partial charge < -0.3 is 5.73 Å². The molecular weight excluding hydrogens is 250 g/mol. The summed E-state index contributed by atoms with van der Waals surface area (Å²) in [6.07, 6.45) is 4.46. The normalized spacial score (nSPS) is 18.9. The minimum Gasteiger partial charge on any atom is -0.383 e. The van der Waals surface area contributed by atoms with Crippen LogP contribution in [0.15, 0.2) is 23.2 Å². The summed E-state index contributed by atoms with van der Waals surface area (Å²) in [6, 6.07) is 3.12. The quantitative estimate of drug-likeness (QED) is 0.901. The highest BCUT2D eigenvalue weighted by atomic mass is 32.2. The van der Waals surface area contributed by atoms with Gasteiger partial charge >= 0.3 is 0 Å². The average Bonchev–Trinajstić information content (AvgIpc) is 2.39. The maximum Gasteiger partial charge on any atom is 0.246 e. The van der Waals surface area contributed by atoms with Gasteiger partial charge in [-0.15, -0.1) is 0 Å². The summed E-state index contributed by atoms with van der Waals surface area (Å²) in [5, 5.41) is 0. The highest BCUT2D eigenvalue weighted by molar-refractivity contribution is 7.89. The molecule has 6 heteroatoms. The fourth-order valence-electron chi connectivity index (χ4n) is 2.32. The number of sulfonamides is 1. The monoisotopic (exact) mass is 269 g/mol. The van der Waals surface area contributed by atoms with Crippen LogP contribution in [0.3, 0.4) is 0 Å². The van der Waals surface area contributed by atoms with Gasteiger partial charge in [-0.25, -0.2) is 13.4 Å². The average molecular weight is 269 g/mol. The molecule has 5 nitrogen and oxygen atoms in total. The van der Waals surface area contributed by atoms with Gasteiger partial charge in [-0.3, -0.25) is 0 Å². The summed E-state index contributed by atoms with van der Waals surface area (Å²) in [5.41, 5.74) is 5.65. The van der Waals surface area contributed by atoms with E-state index in [9.17, 15) is 8.42 Å². The number of aromatic nitrogens is 1. The summed E-state index contributed by atoms with van der Waals surface area (Å²) in [5.74, 6) is 0.720. The van der Waals surface area contributed by atoms with E-state index in [0.717, 1.165) is 19.3 Å². The summed E-state index contributed by atoms with van der Waals surface area (Å²) < 4.78 is 26.3. The maximum absolute atomic E-state index is 12.4. The lowest BCUT2D eigenvalue weighted by Crippen LogP contribution is -2.38. The van der Waals surface area contributed by atoms with Crippen molar-refractivity contribution < 1.29 is 8.42 Å². The lowest BCUT2D eigenvalue weighted by molar-refractivity contribution is 0.269. The molecule has 0 bridgehead atoms. The molecule has 0 spiro atoms. The Morgan fingerprint density at radius 1 is 1.44 bits per heavy atom. The molecule has 1 aromatic heterocycles. The SMILES string of the molecule is CCC1CCN(S(=O)(=O)c2cccnc2N)CC1. The van der Waals surface area contributed by atoms with Gasteiger partial charge in [-0.05, 0) is 30.9 Å². The van der Waals surface area contributed by atoms with Crippen LogP contribution < -0.4 is 5.73 Å². The minimum atomic E-state index is -3.48. The molecule has 1 aliphatic heterocycles. The van der Waals surface area contributed by atoms with Crippen molar-refractivity contribution in [1.82, 2.24) is 9.29 Å². The fourth-order valence-corrected chi connectivity index (χ4v) is 3.86. The van der Waals surface area contributed by atoms with Crippen LogP contribution in [-0.4, -0.2) is 30.8 Å². The van der Waals surface area contributed by atoms with Crippen LogP contribution in [-0.2, 0) is 10.0 Å². The van der Waals surface area contributed by atoms with Gasteiger partial charge in [0, 0.05) is 19.3 Å². The number of hydrogen-bond donors (Lipinski definition) is 1. The van der Waals surface area contributed by atoms with Crippen LogP contribution in [0.2, 0.25) is 0 Å². The van der Waals surface area contributed by atoms with Gasteiger partial charge in [0.05, 0.1) is 0 Å². The number of hydrogen-bond acceptors (Lipinski definition) is 4. The molecule has 0 atom stereocenters. The highest BCUT2D eigenvalue weighted by Crippen LogP contribution is 2.26. The molecule has 0 unspecified atom stereocenters. The van der Waals surface area contributed by atoms with Gasteiger partial charge in [-0.2, -0.15) is 4.31 Å². The van der Waals surface area contributed by atoms with Crippen LogP contribution in [0.4, 0.5) is 5.82 Å². The second kappa shape index (κ2) is 5.24. The Labute approximate surface area is 108 Å². The van der Waals surface area contributed by atoms with E-state index in [1.807, 2.05) is 0 Å². The third-order valence-corrected chi connectivity index (χ3v) is 5.51. The molecule has 1 saturated heterocycles. The Morgan fingerprint density at radius 3 is 2.67 bits per heavy atom. The largest absolute Gasteiger partial charge is 0.383 e. The highest BCUT2D eigenvalue weighted by Gasteiger charge is 2.30. The van der Waals surface area contributed by atoms with Crippen molar-refractivity contribution in [3.05, 3.63) is 18.3 Å². The molecular formula is C12H19N3O2S. The van der Waals surface area contributed by atoms with Crippen molar-refractivity contribution in [2.45, 2.75) is 31.1 Å². The van der Waals surface area contributed by atoms with E-state index in [0.29, 0.717) is 19.0 Å². The molecule has 0 aromatic carbocycles. The Kier molecular flexibility index (Phi) is 3.87. The molecule has 0 aliphatic carbocycles. The van der Waals surface area contributed by atoms with Crippen LogP contribution in [0, 0.1) is 5.92 Å². The van der Waals surface area contributed by atoms with E-state index in [1.54, 1.807) is 6.07 Å². The van der Waals surface area contributed by atoms with Gasteiger partial charge in [-0.1, -0.05) is 13.3 Å². The van der Waals surface area contributed by atoms with Crippen molar-refractivity contribution in [3.63, 3.8) is 0 Å². The Morgan fingerprint density at radius 2 is 2.11 bits per heavy atom. The number of rotatable bonds is 3. The topological polar surface area (TPSA) is 76.3 Å². The summed E-state index contributed by atoms with van der Waals surface area (Å²) in [6.45, 7) is 3.30. The molecule has 100 valence electrons. The molecule has 0 amide bonds. The third kappa shape index (κ3) is 2.49. The van der Waals surface area contributed by atoms with Gasteiger partial charge in [0.2, 0.25) is 10.0 Å². The van der Waals surface area contributed by atoms with Gasteiger partial charge in [0.15, 0.2) is 0 Å². The van der Waals surface area contributed by atoms with E-state index in [1.165, 1.54) is 16.6 Å². The maximum atomic E-state index is 12.4. The van der Waals surface area contributed by atoms with Crippen molar-refractivity contribution >= 4 is 15.8 Å². The van der Waals surface area contributed by atoms with Gasteiger partial charge in [0.25, 0.3) is 0 Å². The number of nitrogens with zero attached hydrogens (tertiary/aromatic N) is 2. The molecule has 2 rings (SSSR count). The fraction of sp³-hybridized carbons (Fsp3) is 0.583. The minimum absolute atomic E-state index is 0.0788. The second-order valence-corrected chi connectivity index (χ2v) is 6.55. The van der Waals surface area contributed by atoms with Crippen molar-refractivity contribution in [2.75, 3.05) is 18.8 Å². The van der Waals surface area contributed by atoms with Crippen molar-refractivity contribution in [2.24, 2.45) is 5.92 Å². The standard InChI is InChI=1S/C12H19N3O2S/c1-2-10-5-8-15(9-6-10)18(16,17)11-4-3-7-14-12(11)13/h3-4,7,10H,2,5-6,8-9H2,1H3,(H2,13,14). The molecule has 1 aliphatic rings. The second-order valence-electron chi connectivity index (χ2n) is 4.64. The molecule has 0 radical (unpaired) electrons. The van der Waals surface area contributed by atoms with E-state index in [2.05, 4.69) is 11.9 Å². The first kappa shape index (κ1) is 13.3. The van der Waals surface area contributed by atoms with Gasteiger partial charge in [0.1, 0.15) is 10.7 Å². The smallest absolute Gasteiger partial charge is 0.246 e.